The largest absolute Gasteiger partial charge is 0.334 e. The third kappa shape index (κ3) is 2.36. The van der Waals surface area contributed by atoms with Gasteiger partial charge >= 0.3 is 6.01 Å². The Morgan fingerprint density at radius 3 is 2.69 bits per heavy atom. The summed E-state index contributed by atoms with van der Waals surface area (Å²) < 4.78 is 4.91. The summed E-state index contributed by atoms with van der Waals surface area (Å²) in [6.45, 7) is 2.35. The molecule has 5 heteroatoms. The summed E-state index contributed by atoms with van der Waals surface area (Å²) in [5, 5.41) is 15.3. The van der Waals surface area contributed by atoms with Crippen LogP contribution in [0.3, 0.4) is 0 Å². The molecule has 0 saturated heterocycles. The van der Waals surface area contributed by atoms with Crippen molar-refractivity contribution in [3.63, 3.8) is 0 Å². The Labute approximate surface area is 92.7 Å². The smallest absolute Gasteiger partial charge is 0.321 e. The van der Waals surface area contributed by atoms with Crippen molar-refractivity contribution in [2.45, 2.75) is 13.5 Å². The highest BCUT2D eigenvalue weighted by atomic mass is 16.5. The van der Waals surface area contributed by atoms with Crippen LogP contribution in [-0.4, -0.2) is 10.1 Å². The van der Waals surface area contributed by atoms with E-state index in [9.17, 15) is 0 Å². The van der Waals surface area contributed by atoms with Crippen molar-refractivity contribution >= 4 is 6.01 Å². The van der Waals surface area contributed by atoms with Gasteiger partial charge in [0.15, 0.2) is 5.82 Å². The summed E-state index contributed by atoms with van der Waals surface area (Å²) in [5.41, 5.74) is 1.70. The Kier molecular flexibility index (Phi) is 2.83. The van der Waals surface area contributed by atoms with Crippen LogP contribution in [0.25, 0.3) is 0 Å². The van der Waals surface area contributed by atoms with E-state index in [-0.39, 0.29) is 0 Å². The highest BCUT2D eigenvalue weighted by Gasteiger charge is 2.01. The van der Waals surface area contributed by atoms with E-state index in [1.807, 2.05) is 12.1 Å². The molecule has 0 bridgehead atoms. The van der Waals surface area contributed by atoms with Crippen LogP contribution < -0.4 is 5.32 Å². The first-order valence-corrected chi connectivity index (χ1v) is 4.81. The summed E-state index contributed by atoms with van der Waals surface area (Å²) in [7, 11) is 0. The van der Waals surface area contributed by atoms with Crippen molar-refractivity contribution in [1.29, 1.82) is 5.26 Å². The van der Waals surface area contributed by atoms with Gasteiger partial charge in [-0.3, -0.25) is 0 Å². The van der Waals surface area contributed by atoms with Crippen molar-refractivity contribution in [2.24, 2.45) is 0 Å². The van der Waals surface area contributed by atoms with E-state index < -0.39 is 0 Å². The minimum atomic E-state index is 0.404. The molecule has 16 heavy (non-hydrogen) atoms. The van der Waals surface area contributed by atoms with Crippen LogP contribution in [0.4, 0.5) is 6.01 Å². The normalized spacial score (nSPS) is 9.75. The average Bonchev–Trinajstić information content (AvgIpc) is 2.73. The van der Waals surface area contributed by atoms with Crippen LogP contribution >= 0.6 is 0 Å². The highest BCUT2D eigenvalue weighted by molar-refractivity contribution is 5.33. The van der Waals surface area contributed by atoms with Gasteiger partial charge in [-0.25, -0.2) is 0 Å². The molecule has 0 atom stereocenters. The second-order valence-corrected chi connectivity index (χ2v) is 3.31. The lowest BCUT2D eigenvalue weighted by Crippen LogP contribution is -1.99. The van der Waals surface area contributed by atoms with Gasteiger partial charge in [0, 0.05) is 6.54 Å². The van der Waals surface area contributed by atoms with Crippen LogP contribution in [0.15, 0.2) is 28.8 Å². The summed E-state index contributed by atoms with van der Waals surface area (Å²) in [5.74, 6) is 0.599. The van der Waals surface area contributed by atoms with E-state index >= 15 is 0 Å². The van der Waals surface area contributed by atoms with Gasteiger partial charge in [0.1, 0.15) is 0 Å². The fourth-order valence-electron chi connectivity index (χ4n) is 1.24. The fraction of sp³-hybridized carbons (Fsp3) is 0.182. The quantitative estimate of drug-likeness (QED) is 0.844. The zero-order valence-electron chi connectivity index (χ0n) is 8.77. The summed E-state index contributed by atoms with van der Waals surface area (Å²) in [6, 6.07) is 9.79. The Bertz CT molecular complexity index is 510. The molecular formula is C11H10N4O. The monoisotopic (exact) mass is 214 g/mol. The summed E-state index contributed by atoms with van der Waals surface area (Å²) >= 11 is 0. The SMILES string of the molecule is Cc1noc(NCc2ccc(C#N)cc2)n1. The molecule has 0 aliphatic heterocycles. The molecule has 2 aromatic rings. The number of aromatic nitrogens is 2. The van der Waals surface area contributed by atoms with E-state index in [1.165, 1.54) is 0 Å². The first kappa shape index (κ1) is 10.2. The summed E-state index contributed by atoms with van der Waals surface area (Å²) in [6.07, 6.45) is 0. The molecule has 0 spiro atoms. The standard InChI is InChI=1S/C11H10N4O/c1-8-14-11(16-15-8)13-7-10-4-2-9(6-12)3-5-10/h2-5H,7H2,1H3,(H,13,14,15). The van der Waals surface area contributed by atoms with Gasteiger partial charge in [0.2, 0.25) is 0 Å². The average molecular weight is 214 g/mol. The molecule has 80 valence electrons. The van der Waals surface area contributed by atoms with Crippen molar-refractivity contribution in [3.05, 3.63) is 41.2 Å². The number of hydrogen-bond acceptors (Lipinski definition) is 5. The van der Waals surface area contributed by atoms with Crippen LogP contribution in [0.5, 0.6) is 0 Å². The fourth-order valence-corrected chi connectivity index (χ4v) is 1.24. The number of nitrogens with zero attached hydrogens (tertiary/aromatic N) is 3. The first-order chi connectivity index (χ1) is 7.78. The zero-order valence-corrected chi connectivity index (χ0v) is 8.77. The molecule has 0 aliphatic carbocycles. The second-order valence-electron chi connectivity index (χ2n) is 3.31. The molecule has 1 aromatic carbocycles. The van der Waals surface area contributed by atoms with Gasteiger partial charge in [0.25, 0.3) is 0 Å². The molecule has 1 aromatic heterocycles. The Morgan fingerprint density at radius 1 is 1.38 bits per heavy atom. The summed E-state index contributed by atoms with van der Waals surface area (Å²) in [4.78, 5) is 4.02. The second kappa shape index (κ2) is 4.45. The minimum absolute atomic E-state index is 0.404. The van der Waals surface area contributed by atoms with E-state index in [4.69, 9.17) is 9.78 Å². The van der Waals surface area contributed by atoms with Crippen molar-refractivity contribution < 1.29 is 4.52 Å². The van der Waals surface area contributed by atoms with E-state index in [1.54, 1.807) is 19.1 Å². The van der Waals surface area contributed by atoms with Crippen LogP contribution in [-0.2, 0) is 6.54 Å². The van der Waals surface area contributed by atoms with Crippen LogP contribution in [0.2, 0.25) is 0 Å². The molecule has 1 N–H and O–H groups in total. The van der Waals surface area contributed by atoms with Crippen molar-refractivity contribution in [1.82, 2.24) is 10.1 Å². The van der Waals surface area contributed by atoms with Gasteiger partial charge in [-0.15, -0.1) is 0 Å². The number of rotatable bonds is 3. The minimum Gasteiger partial charge on any atom is -0.334 e. The molecule has 0 radical (unpaired) electrons. The maximum Gasteiger partial charge on any atom is 0.321 e. The maximum atomic E-state index is 8.64. The highest BCUT2D eigenvalue weighted by Crippen LogP contribution is 2.07. The number of anilines is 1. The lowest BCUT2D eigenvalue weighted by Gasteiger charge is -2.00. The Hall–Kier alpha value is -2.35. The third-order valence-corrected chi connectivity index (χ3v) is 2.05. The van der Waals surface area contributed by atoms with Gasteiger partial charge in [0.05, 0.1) is 11.6 Å². The number of aryl methyl sites for hydroxylation is 1. The zero-order chi connectivity index (χ0) is 11.4. The van der Waals surface area contributed by atoms with Crippen molar-refractivity contribution in [2.75, 3.05) is 5.32 Å². The van der Waals surface area contributed by atoms with Crippen molar-refractivity contribution in [3.8, 4) is 6.07 Å². The van der Waals surface area contributed by atoms with E-state index in [0.29, 0.717) is 23.9 Å². The Morgan fingerprint density at radius 2 is 2.12 bits per heavy atom. The number of hydrogen-bond donors (Lipinski definition) is 1. The topological polar surface area (TPSA) is 74.7 Å². The number of nitrogens with one attached hydrogen (secondary N) is 1. The first-order valence-electron chi connectivity index (χ1n) is 4.81. The third-order valence-electron chi connectivity index (χ3n) is 2.05. The lowest BCUT2D eigenvalue weighted by molar-refractivity contribution is 0.425. The molecule has 0 unspecified atom stereocenters. The van der Waals surface area contributed by atoms with Gasteiger partial charge in [-0.2, -0.15) is 10.2 Å². The molecule has 2 rings (SSSR count). The van der Waals surface area contributed by atoms with Gasteiger partial charge < -0.3 is 9.84 Å². The predicted molar refractivity (Wildman–Crippen MR) is 57.5 cm³/mol. The molecule has 5 nitrogen and oxygen atoms in total. The number of benzene rings is 1. The molecule has 0 saturated carbocycles. The maximum absolute atomic E-state index is 8.64. The van der Waals surface area contributed by atoms with E-state index in [0.717, 1.165) is 5.56 Å². The lowest BCUT2D eigenvalue weighted by atomic mass is 10.1. The number of nitriles is 1. The molecular weight excluding hydrogens is 204 g/mol. The van der Waals surface area contributed by atoms with Crippen LogP contribution in [0, 0.1) is 18.3 Å². The van der Waals surface area contributed by atoms with Crippen LogP contribution in [0.1, 0.15) is 17.0 Å². The molecule has 0 amide bonds. The van der Waals surface area contributed by atoms with Gasteiger partial charge in [-0.05, 0) is 24.6 Å². The van der Waals surface area contributed by atoms with Gasteiger partial charge in [-0.1, -0.05) is 17.3 Å². The molecule has 0 aliphatic rings. The molecule has 1 heterocycles. The predicted octanol–water partition coefficient (Wildman–Crippen LogP) is 1.86. The van der Waals surface area contributed by atoms with E-state index in [2.05, 4.69) is 21.5 Å². The Balaban J connectivity index is 1.97. The molecule has 0 fully saturated rings.